The van der Waals surface area contributed by atoms with E-state index in [1.807, 2.05) is 20.8 Å². The zero-order valence-corrected chi connectivity index (χ0v) is 11.3. The largest absolute Gasteiger partial charge is 0.480 e. The predicted octanol–water partition coefficient (Wildman–Crippen LogP) is 2.02. The number of aliphatic hydroxyl groups is 1. The minimum absolute atomic E-state index is 0.253. The number of carbonyl (C=O) groups is 1. The molecule has 0 heterocycles. The summed E-state index contributed by atoms with van der Waals surface area (Å²) in [5.41, 5.74) is 0. The van der Waals surface area contributed by atoms with Crippen molar-refractivity contribution in [3.8, 4) is 0 Å². The summed E-state index contributed by atoms with van der Waals surface area (Å²) < 4.78 is 0. The van der Waals surface area contributed by atoms with Crippen LogP contribution in [0.15, 0.2) is 0 Å². The first-order valence-electron chi connectivity index (χ1n) is 6.70. The topological polar surface area (TPSA) is 69.6 Å². The van der Waals surface area contributed by atoms with Crippen LogP contribution in [0.1, 0.15) is 52.9 Å². The summed E-state index contributed by atoms with van der Waals surface area (Å²) in [5, 5.41) is 21.9. The number of nitrogens with one attached hydrogen (secondary N) is 1. The second-order valence-corrected chi connectivity index (χ2v) is 4.59. The Morgan fingerprint density at radius 1 is 1.24 bits per heavy atom. The first-order chi connectivity index (χ1) is 8.06. The van der Waals surface area contributed by atoms with Crippen molar-refractivity contribution in [2.24, 2.45) is 5.92 Å². The van der Waals surface area contributed by atoms with Crippen molar-refractivity contribution in [2.75, 3.05) is 6.54 Å². The highest BCUT2D eigenvalue weighted by Gasteiger charge is 2.20. The average Bonchev–Trinajstić information content (AvgIpc) is 2.30. The quantitative estimate of drug-likeness (QED) is 0.551. The maximum Gasteiger partial charge on any atom is 0.320 e. The van der Waals surface area contributed by atoms with Gasteiger partial charge in [-0.1, -0.05) is 46.5 Å². The van der Waals surface area contributed by atoms with E-state index in [4.69, 9.17) is 5.11 Å². The van der Waals surface area contributed by atoms with Crippen molar-refractivity contribution in [2.45, 2.75) is 65.0 Å². The lowest BCUT2D eigenvalue weighted by molar-refractivity contribution is -0.139. The monoisotopic (exact) mass is 245 g/mol. The summed E-state index contributed by atoms with van der Waals surface area (Å²) in [6.45, 7) is 6.50. The highest BCUT2D eigenvalue weighted by Crippen LogP contribution is 2.12. The number of rotatable bonds is 10. The van der Waals surface area contributed by atoms with Gasteiger partial charge in [-0.3, -0.25) is 4.79 Å². The maximum absolute atomic E-state index is 11.0. The Kier molecular flexibility index (Phi) is 9.09. The summed E-state index contributed by atoms with van der Waals surface area (Å²) in [6.07, 6.45) is 3.90. The number of carboxylic acid groups (broad SMARTS) is 1. The van der Waals surface area contributed by atoms with Crippen LogP contribution in [0, 0.1) is 5.92 Å². The molecule has 0 aliphatic carbocycles. The Bertz CT molecular complexity index is 205. The summed E-state index contributed by atoms with van der Waals surface area (Å²) >= 11 is 0. The first-order valence-corrected chi connectivity index (χ1v) is 6.70. The van der Waals surface area contributed by atoms with Gasteiger partial charge in [-0.2, -0.15) is 0 Å². The van der Waals surface area contributed by atoms with Gasteiger partial charge >= 0.3 is 5.97 Å². The molecule has 0 saturated carbocycles. The van der Waals surface area contributed by atoms with Gasteiger partial charge in [0.1, 0.15) is 6.04 Å². The molecule has 0 aromatic carbocycles. The SMILES string of the molecule is CCCCC(NCC(O)C(CC)CC)C(=O)O. The summed E-state index contributed by atoms with van der Waals surface area (Å²) in [4.78, 5) is 11.0. The number of hydrogen-bond donors (Lipinski definition) is 3. The molecule has 3 N–H and O–H groups in total. The average molecular weight is 245 g/mol. The van der Waals surface area contributed by atoms with Crippen LogP contribution in [-0.2, 0) is 4.79 Å². The highest BCUT2D eigenvalue weighted by molar-refractivity contribution is 5.73. The van der Waals surface area contributed by atoms with E-state index in [0.717, 1.165) is 25.7 Å². The van der Waals surface area contributed by atoms with Crippen molar-refractivity contribution in [3.63, 3.8) is 0 Å². The van der Waals surface area contributed by atoms with Gasteiger partial charge in [0.05, 0.1) is 6.10 Å². The van der Waals surface area contributed by atoms with Crippen LogP contribution in [0.25, 0.3) is 0 Å². The molecule has 0 aromatic heterocycles. The molecule has 102 valence electrons. The molecular weight excluding hydrogens is 218 g/mol. The minimum Gasteiger partial charge on any atom is -0.480 e. The molecule has 0 saturated heterocycles. The first kappa shape index (κ1) is 16.4. The molecular formula is C13H27NO3. The van der Waals surface area contributed by atoms with Crippen LogP contribution < -0.4 is 5.32 Å². The van der Waals surface area contributed by atoms with Gasteiger partial charge in [0.2, 0.25) is 0 Å². The Hall–Kier alpha value is -0.610. The van der Waals surface area contributed by atoms with Gasteiger partial charge in [0.25, 0.3) is 0 Å². The second-order valence-electron chi connectivity index (χ2n) is 4.59. The fourth-order valence-corrected chi connectivity index (χ4v) is 1.98. The van der Waals surface area contributed by atoms with Crippen molar-refractivity contribution in [1.29, 1.82) is 0 Å². The number of aliphatic carboxylic acids is 1. The molecule has 2 unspecified atom stereocenters. The summed E-state index contributed by atoms with van der Waals surface area (Å²) in [6, 6.07) is -0.529. The normalized spacial score (nSPS) is 14.9. The smallest absolute Gasteiger partial charge is 0.320 e. The molecule has 0 fully saturated rings. The van der Waals surface area contributed by atoms with E-state index < -0.39 is 18.1 Å². The van der Waals surface area contributed by atoms with Crippen LogP contribution in [-0.4, -0.2) is 34.9 Å². The zero-order chi connectivity index (χ0) is 13.3. The van der Waals surface area contributed by atoms with Gasteiger partial charge in [-0.15, -0.1) is 0 Å². The lowest BCUT2D eigenvalue weighted by atomic mass is 9.96. The number of hydrogen-bond acceptors (Lipinski definition) is 3. The molecule has 0 radical (unpaired) electrons. The molecule has 0 spiro atoms. The molecule has 0 aliphatic heterocycles. The van der Waals surface area contributed by atoms with E-state index in [1.54, 1.807) is 0 Å². The molecule has 2 atom stereocenters. The van der Waals surface area contributed by atoms with Gasteiger partial charge in [0, 0.05) is 6.54 Å². The summed E-state index contributed by atoms with van der Waals surface area (Å²) in [7, 11) is 0. The summed E-state index contributed by atoms with van der Waals surface area (Å²) in [5.74, 6) is -0.571. The molecule has 0 amide bonds. The lowest BCUT2D eigenvalue weighted by Crippen LogP contribution is -2.42. The van der Waals surface area contributed by atoms with Crippen molar-refractivity contribution in [3.05, 3.63) is 0 Å². The molecule has 17 heavy (non-hydrogen) atoms. The van der Waals surface area contributed by atoms with E-state index in [-0.39, 0.29) is 5.92 Å². The Morgan fingerprint density at radius 2 is 1.82 bits per heavy atom. The van der Waals surface area contributed by atoms with Crippen molar-refractivity contribution < 1.29 is 15.0 Å². The van der Waals surface area contributed by atoms with Crippen LogP contribution in [0.5, 0.6) is 0 Å². The number of unbranched alkanes of at least 4 members (excludes halogenated alkanes) is 1. The highest BCUT2D eigenvalue weighted by atomic mass is 16.4. The van der Waals surface area contributed by atoms with Crippen LogP contribution >= 0.6 is 0 Å². The van der Waals surface area contributed by atoms with E-state index in [0.29, 0.717) is 13.0 Å². The number of aliphatic hydroxyl groups excluding tert-OH is 1. The van der Waals surface area contributed by atoms with Gasteiger partial charge in [-0.05, 0) is 12.3 Å². The Morgan fingerprint density at radius 3 is 2.24 bits per heavy atom. The second kappa shape index (κ2) is 9.42. The molecule has 0 aromatic rings. The van der Waals surface area contributed by atoms with E-state index in [1.165, 1.54) is 0 Å². The van der Waals surface area contributed by atoms with Crippen molar-refractivity contribution >= 4 is 5.97 Å². The third-order valence-electron chi connectivity index (χ3n) is 3.31. The minimum atomic E-state index is -0.824. The van der Waals surface area contributed by atoms with Gasteiger partial charge in [0.15, 0.2) is 0 Å². The predicted molar refractivity (Wildman–Crippen MR) is 69.0 cm³/mol. The molecule has 4 heteroatoms. The van der Waals surface area contributed by atoms with E-state index in [2.05, 4.69) is 5.32 Å². The van der Waals surface area contributed by atoms with Crippen LogP contribution in [0.4, 0.5) is 0 Å². The maximum atomic E-state index is 11.0. The van der Waals surface area contributed by atoms with E-state index in [9.17, 15) is 9.90 Å². The lowest BCUT2D eigenvalue weighted by Gasteiger charge is -2.22. The third-order valence-corrected chi connectivity index (χ3v) is 3.31. The van der Waals surface area contributed by atoms with Crippen LogP contribution in [0.2, 0.25) is 0 Å². The Labute approximate surface area is 104 Å². The fourth-order valence-electron chi connectivity index (χ4n) is 1.98. The third kappa shape index (κ3) is 6.64. The zero-order valence-electron chi connectivity index (χ0n) is 11.3. The fraction of sp³-hybridized carbons (Fsp3) is 0.923. The molecule has 0 bridgehead atoms. The van der Waals surface area contributed by atoms with Gasteiger partial charge in [-0.25, -0.2) is 0 Å². The molecule has 4 nitrogen and oxygen atoms in total. The number of carboxylic acids is 1. The standard InChI is InChI=1S/C13H27NO3/c1-4-7-8-11(13(16)17)14-9-12(15)10(5-2)6-3/h10-12,14-15H,4-9H2,1-3H3,(H,16,17). The van der Waals surface area contributed by atoms with E-state index >= 15 is 0 Å². The Balaban J connectivity index is 4.06. The molecule has 0 rings (SSSR count). The molecule has 0 aliphatic rings. The van der Waals surface area contributed by atoms with Gasteiger partial charge < -0.3 is 15.5 Å². The van der Waals surface area contributed by atoms with Crippen molar-refractivity contribution in [1.82, 2.24) is 5.32 Å². The van der Waals surface area contributed by atoms with Crippen LogP contribution in [0.3, 0.4) is 0 Å².